The summed E-state index contributed by atoms with van der Waals surface area (Å²) in [7, 11) is 0. The van der Waals surface area contributed by atoms with Gasteiger partial charge in [0.1, 0.15) is 5.00 Å². The average molecular weight is 297 g/mol. The molecule has 6 heteroatoms. The molecule has 20 heavy (non-hydrogen) atoms. The number of rotatable bonds is 7. The first kappa shape index (κ1) is 15.0. The van der Waals surface area contributed by atoms with Crippen LogP contribution in [0, 0.1) is 0 Å². The summed E-state index contributed by atoms with van der Waals surface area (Å²) < 4.78 is 5.17. The minimum absolute atomic E-state index is 0.146. The number of hydrogen-bond acceptors (Lipinski definition) is 4. The van der Waals surface area contributed by atoms with Gasteiger partial charge in [0, 0.05) is 24.5 Å². The van der Waals surface area contributed by atoms with Crippen LogP contribution >= 0.6 is 11.3 Å². The van der Waals surface area contributed by atoms with E-state index < -0.39 is 5.97 Å². The highest BCUT2D eigenvalue weighted by atomic mass is 32.1. The monoisotopic (exact) mass is 297 g/mol. The summed E-state index contributed by atoms with van der Waals surface area (Å²) in [4.78, 5) is 24.3. The summed E-state index contributed by atoms with van der Waals surface area (Å²) >= 11 is 1.40. The zero-order chi connectivity index (χ0) is 14.5. The number of aromatic carboxylic acids is 1. The second kappa shape index (κ2) is 6.85. The Morgan fingerprint density at radius 3 is 2.90 bits per heavy atom. The van der Waals surface area contributed by atoms with E-state index in [1.807, 2.05) is 6.92 Å². The zero-order valence-corrected chi connectivity index (χ0v) is 12.3. The Hall–Kier alpha value is -1.40. The molecule has 0 atom stereocenters. The van der Waals surface area contributed by atoms with Gasteiger partial charge in [-0.25, -0.2) is 4.79 Å². The summed E-state index contributed by atoms with van der Waals surface area (Å²) in [6.07, 6.45) is 3.72. The van der Waals surface area contributed by atoms with Crippen LogP contribution in [0.2, 0.25) is 0 Å². The van der Waals surface area contributed by atoms with E-state index in [4.69, 9.17) is 4.74 Å². The van der Waals surface area contributed by atoms with Gasteiger partial charge >= 0.3 is 5.97 Å². The number of carbonyl (C=O) groups is 2. The number of aryl methyl sites for hydroxylation is 1. The Morgan fingerprint density at radius 2 is 2.20 bits per heavy atom. The van der Waals surface area contributed by atoms with Crippen molar-refractivity contribution < 1.29 is 19.4 Å². The fourth-order valence-electron chi connectivity index (χ4n) is 2.39. The maximum Gasteiger partial charge on any atom is 0.339 e. The molecule has 2 rings (SSSR count). The molecular weight excluding hydrogens is 278 g/mol. The number of ether oxygens (including phenoxy) is 1. The van der Waals surface area contributed by atoms with Gasteiger partial charge in [-0.05, 0) is 38.2 Å². The molecule has 0 fully saturated rings. The van der Waals surface area contributed by atoms with Gasteiger partial charge in [0.25, 0.3) is 0 Å². The van der Waals surface area contributed by atoms with Crippen LogP contribution in [0.15, 0.2) is 0 Å². The minimum Gasteiger partial charge on any atom is -0.478 e. The Labute approximate surface area is 121 Å². The molecule has 0 saturated carbocycles. The van der Waals surface area contributed by atoms with Gasteiger partial charge in [0.15, 0.2) is 0 Å². The molecule has 0 radical (unpaired) electrons. The molecule has 0 aliphatic heterocycles. The first-order valence-corrected chi connectivity index (χ1v) is 7.70. The Bertz CT molecular complexity index is 510. The van der Waals surface area contributed by atoms with E-state index in [0.717, 1.165) is 29.7 Å². The topological polar surface area (TPSA) is 75.6 Å². The highest BCUT2D eigenvalue weighted by Crippen LogP contribution is 2.39. The summed E-state index contributed by atoms with van der Waals surface area (Å²) in [6, 6.07) is 0. The molecule has 1 heterocycles. The lowest BCUT2D eigenvalue weighted by atomic mass is 10.1. The molecule has 2 N–H and O–H groups in total. The summed E-state index contributed by atoms with van der Waals surface area (Å²) in [5.41, 5.74) is 1.20. The molecule has 0 saturated heterocycles. The summed E-state index contributed by atoms with van der Waals surface area (Å²) in [5.74, 6) is -1.10. The molecular formula is C14H19NO4S. The number of hydrogen-bond donors (Lipinski definition) is 2. The van der Waals surface area contributed by atoms with Crippen LogP contribution < -0.4 is 5.32 Å². The Balaban J connectivity index is 1.99. The maximum absolute atomic E-state index is 11.8. The second-order valence-electron chi connectivity index (χ2n) is 4.72. The number of anilines is 1. The quantitative estimate of drug-likeness (QED) is 0.759. The number of nitrogens with one attached hydrogen (secondary N) is 1. The van der Waals surface area contributed by atoms with E-state index in [0.29, 0.717) is 36.6 Å². The average Bonchev–Trinajstić information content (AvgIpc) is 2.94. The highest BCUT2D eigenvalue weighted by Gasteiger charge is 2.26. The van der Waals surface area contributed by atoms with Crippen LogP contribution in [0.1, 0.15) is 47.0 Å². The minimum atomic E-state index is -0.950. The van der Waals surface area contributed by atoms with Crippen molar-refractivity contribution in [3.8, 4) is 0 Å². The van der Waals surface area contributed by atoms with E-state index in [9.17, 15) is 14.7 Å². The van der Waals surface area contributed by atoms with E-state index in [1.54, 1.807) is 0 Å². The van der Waals surface area contributed by atoms with Gasteiger partial charge in [-0.15, -0.1) is 11.3 Å². The first-order valence-electron chi connectivity index (χ1n) is 6.89. The molecule has 1 aliphatic rings. The predicted molar refractivity (Wildman–Crippen MR) is 77.7 cm³/mol. The lowest BCUT2D eigenvalue weighted by molar-refractivity contribution is -0.116. The van der Waals surface area contributed by atoms with Gasteiger partial charge in [0.05, 0.1) is 5.56 Å². The van der Waals surface area contributed by atoms with Crippen LogP contribution in [-0.4, -0.2) is 30.2 Å². The van der Waals surface area contributed by atoms with Crippen LogP contribution in [0.5, 0.6) is 0 Å². The molecule has 1 aliphatic carbocycles. The van der Waals surface area contributed by atoms with Crippen molar-refractivity contribution in [3.63, 3.8) is 0 Å². The van der Waals surface area contributed by atoms with E-state index in [2.05, 4.69) is 5.32 Å². The molecule has 5 nitrogen and oxygen atoms in total. The third-order valence-corrected chi connectivity index (χ3v) is 4.49. The lowest BCUT2D eigenvalue weighted by Gasteiger charge is -2.05. The Kier molecular flexibility index (Phi) is 5.14. The van der Waals surface area contributed by atoms with Crippen molar-refractivity contribution in [2.45, 2.75) is 39.0 Å². The van der Waals surface area contributed by atoms with Crippen molar-refractivity contribution in [2.75, 3.05) is 18.5 Å². The molecule has 1 aromatic rings. The third kappa shape index (κ3) is 3.37. The number of carboxylic acids is 1. The lowest BCUT2D eigenvalue weighted by Crippen LogP contribution is -2.14. The van der Waals surface area contributed by atoms with Gasteiger partial charge in [-0.1, -0.05) is 0 Å². The van der Waals surface area contributed by atoms with E-state index >= 15 is 0 Å². The molecule has 0 bridgehead atoms. The van der Waals surface area contributed by atoms with Crippen LogP contribution in [0.3, 0.4) is 0 Å². The number of amides is 1. The number of fused-ring (bicyclic) bond motifs is 1. The van der Waals surface area contributed by atoms with Crippen molar-refractivity contribution in [1.82, 2.24) is 0 Å². The number of thiophene rings is 1. The van der Waals surface area contributed by atoms with Gasteiger partial charge in [-0.2, -0.15) is 0 Å². The SMILES string of the molecule is CCOCCCC(=O)Nc1sc2c(c1C(=O)O)CCC2. The first-order chi connectivity index (χ1) is 9.63. The molecule has 0 aromatic carbocycles. The van der Waals surface area contributed by atoms with Crippen molar-refractivity contribution in [1.29, 1.82) is 0 Å². The van der Waals surface area contributed by atoms with Crippen LogP contribution in [0.25, 0.3) is 0 Å². The number of carbonyl (C=O) groups excluding carboxylic acids is 1. The van der Waals surface area contributed by atoms with Crippen LogP contribution in [-0.2, 0) is 22.4 Å². The molecule has 110 valence electrons. The van der Waals surface area contributed by atoms with E-state index in [1.165, 1.54) is 11.3 Å². The Morgan fingerprint density at radius 1 is 1.40 bits per heavy atom. The zero-order valence-electron chi connectivity index (χ0n) is 11.5. The molecule has 1 amide bonds. The summed E-state index contributed by atoms with van der Waals surface area (Å²) in [5, 5.41) is 12.5. The van der Waals surface area contributed by atoms with Gasteiger partial charge in [-0.3, -0.25) is 4.79 Å². The smallest absolute Gasteiger partial charge is 0.339 e. The molecule has 1 aromatic heterocycles. The highest BCUT2D eigenvalue weighted by molar-refractivity contribution is 7.17. The largest absolute Gasteiger partial charge is 0.478 e. The third-order valence-electron chi connectivity index (χ3n) is 3.28. The van der Waals surface area contributed by atoms with Crippen molar-refractivity contribution in [3.05, 3.63) is 16.0 Å². The normalized spacial score (nSPS) is 13.2. The van der Waals surface area contributed by atoms with Gasteiger partial charge < -0.3 is 15.2 Å². The maximum atomic E-state index is 11.8. The van der Waals surface area contributed by atoms with Crippen LogP contribution in [0.4, 0.5) is 5.00 Å². The fourth-order valence-corrected chi connectivity index (χ4v) is 3.68. The fraction of sp³-hybridized carbons (Fsp3) is 0.571. The van der Waals surface area contributed by atoms with Crippen molar-refractivity contribution in [2.24, 2.45) is 0 Å². The van der Waals surface area contributed by atoms with Crippen molar-refractivity contribution >= 4 is 28.2 Å². The number of carboxylic acid groups (broad SMARTS) is 1. The summed E-state index contributed by atoms with van der Waals surface area (Å²) in [6.45, 7) is 3.10. The molecule has 0 spiro atoms. The van der Waals surface area contributed by atoms with Gasteiger partial charge in [0.2, 0.25) is 5.91 Å². The second-order valence-corrected chi connectivity index (χ2v) is 5.82. The standard InChI is InChI=1S/C14H19NO4S/c1-2-19-8-4-7-11(16)15-13-12(14(17)18)9-5-3-6-10(9)20-13/h2-8H2,1H3,(H,15,16)(H,17,18). The predicted octanol–water partition coefficient (Wildman–Crippen LogP) is 2.69. The molecule has 0 unspecified atom stereocenters. The van der Waals surface area contributed by atoms with E-state index in [-0.39, 0.29) is 5.91 Å².